The molecule has 3 N–H and O–H groups in total. The van der Waals surface area contributed by atoms with Crippen LogP contribution in [0.2, 0.25) is 0 Å². The molecule has 0 aromatic heterocycles. The van der Waals surface area contributed by atoms with E-state index in [1.165, 1.54) is 0 Å². The van der Waals surface area contributed by atoms with Crippen LogP contribution in [0.1, 0.15) is 18.4 Å². The predicted octanol–water partition coefficient (Wildman–Crippen LogP) is 2.65. The van der Waals surface area contributed by atoms with Crippen LogP contribution in [0, 0.1) is 6.92 Å². The molecular formula is C13H20O4S. The van der Waals surface area contributed by atoms with Crippen molar-refractivity contribution in [1.29, 1.82) is 0 Å². The molecule has 1 aliphatic rings. The lowest BCUT2D eigenvalue weighted by Crippen LogP contribution is -2.42. The highest BCUT2D eigenvalue weighted by Crippen LogP contribution is 2.46. The molecule has 1 aromatic carbocycles. The van der Waals surface area contributed by atoms with E-state index in [1.807, 2.05) is 31.2 Å². The standard InChI is InChI=1S/C13H20O4S/c1-11-3-2-4-12(9-11)17-10-13(14)5-7-18(15,16)8-6-13/h2-4,9,14-16H,5-8,10H2,1H3. The minimum Gasteiger partial charge on any atom is -0.491 e. The molecule has 2 rings (SSSR count). The van der Waals surface area contributed by atoms with Gasteiger partial charge < -0.3 is 9.84 Å². The largest absolute Gasteiger partial charge is 0.491 e. The van der Waals surface area contributed by atoms with Crippen LogP contribution >= 0.6 is 10.6 Å². The molecule has 1 heterocycles. The minimum atomic E-state index is -2.46. The minimum absolute atomic E-state index is 0.200. The van der Waals surface area contributed by atoms with Crippen LogP contribution in [0.25, 0.3) is 0 Å². The first-order valence-corrected chi connectivity index (χ1v) is 7.93. The Morgan fingerprint density at radius 1 is 1.28 bits per heavy atom. The van der Waals surface area contributed by atoms with Crippen LogP contribution in [0.15, 0.2) is 24.3 Å². The molecule has 0 saturated carbocycles. The zero-order valence-electron chi connectivity index (χ0n) is 10.5. The molecule has 0 unspecified atom stereocenters. The molecule has 0 spiro atoms. The number of hydrogen-bond acceptors (Lipinski definition) is 4. The van der Waals surface area contributed by atoms with Gasteiger partial charge in [0.2, 0.25) is 0 Å². The Hall–Kier alpha value is -0.750. The first-order chi connectivity index (χ1) is 8.39. The Labute approximate surface area is 109 Å². The van der Waals surface area contributed by atoms with Crippen LogP contribution in [0.3, 0.4) is 0 Å². The van der Waals surface area contributed by atoms with Gasteiger partial charge in [0.15, 0.2) is 0 Å². The van der Waals surface area contributed by atoms with Crippen LogP contribution < -0.4 is 4.74 Å². The molecule has 18 heavy (non-hydrogen) atoms. The number of hydrogen-bond donors (Lipinski definition) is 3. The van der Waals surface area contributed by atoms with E-state index in [1.54, 1.807) is 0 Å². The topological polar surface area (TPSA) is 69.9 Å². The summed E-state index contributed by atoms with van der Waals surface area (Å²) >= 11 is 0. The summed E-state index contributed by atoms with van der Waals surface area (Å²) in [6.45, 7) is 2.18. The lowest BCUT2D eigenvalue weighted by molar-refractivity contribution is -0.0140. The molecule has 0 bridgehead atoms. The average Bonchev–Trinajstić information content (AvgIpc) is 2.32. The van der Waals surface area contributed by atoms with Gasteiger partial charge in [-0.3, -0.25) is 9.11 Å². The van der Waals surface area contributed by atoms with E-state index in [0.29, 0.717) is 12.8 Å². The third-order valence-electron chi connectivity index (χ3n) is 3.29. The molecule has 1 fully saturated rings. The Kier molecular flexibility index (Phi) is 3.87. The summed E-state index contributed by atoms with van der Waals surface area (Å²) in [5, 5.41) is 10.3. The van der Waals surface area contributed by atoms with Crippen molar-refractivity contribution in [2.75, 3.05) is 18.1 Å². The van der Waals surface area contributed by atoms with Crippen molar-refractivity contribution in [1.82, 2.24) is 0 Å². The third-order valence-corrected chi connectivity index (χ3v) is 5.00. The molecule has 5 heteroatoms. The fourth-order valence-electron chi connectivity index (χ4n) is 2.00. The zero-order valence-corrected chi connectivity index (χ0v) is 11.3. The van der Waals surface area contributed by atoms with Gasteiger partial charge in [0.1, 0.15) is 18.0 Å². The third kappa shape index (κ3) is 3.62. The van der Waals surface area contributed by atoms with E-state index in [9.17, 15) is 14.2 Å². The van der Waals surface area contributed by atoms with Gasteiger partial charge >= 0.3 is 0 Å². The van der Waals surface area contributed by atoms with Crippen molar-refractivity contribution < 1.29 is 18.9 Å². The van der Waals surface area contributed by atoms with Crippen molar-refractivity contribution in [2.24, 2.45) is 0 Å². The second kappa shape index (κ2) is 5.09. The maximum atomic E-state index is 10.3. The summed E-state index contributed by atoms with van der Waals surface area (Å²) in [6, 6.07) is 7.66. The summed E-state index contributed by atoms with van der Waals surface area (Å²) in [6.07, 6.45) is 0.752. The molecule has 102 valence electrons. The van der Waals surface area contributed by atoms with Crippen molar-refractivity contribution in [3.8, 4) is 5.75 Å². The Morgan fingerprint density at radius 2 is 1.94 bits per heavy atom. The van der Waals surface area contributed by atoms with Gasteiger partial charge in [0, 0.05) is 11.5 Å². The molecule has 4 nitrogen and oxygen atoms in total. The Balaban J connectivity index is 1.90. The van der Waals surface area contributed by atoms with Crippen molar-refractivity contribution in [2.45, 2.75) is 25.4 Å². The number of aryl methyl sites for hydroxylation is 1. The lowest BCUT2D eigenvalue weighted by Gasteiger charge is -2.43. The second-order valence-electron chi connectivity index (χ2n) is 5.04. The number of ether oxygens (including phenoxy) is 1. The average molecular weight is 272 g/mol. The van der Waals surface area contributed by atoms with Gasteiger partial charge in [-0.2, -0.15) is 10.6 Å². The molecule has 0 amide bonds. The highest BCUT2D eigenvalue weighted by Gasteiger charge is 2.36. The lowest BCUT2D eigenvalue weighted by atomic mass is 9.98. The maximum absolute atomic E-state index is 10.3. The summed E-state index contributed by atoms with van der Waals surface area (Å²) in [5.41, 5.74) is 0.170. The van der Waals surface area contributed by atoms with Gasteiger partial charge in [0.05, 0.1) is 0 Å². The summed E-state index contributed by atoms with van der Waals surface area (Å²) < 4.78 is 24.6. The maximum Gasteiger partial charge on any atom is 0.119 e. The molecule has 1 aromatic rings. The summed E-state index contributed by atoms with van der Waals surface area (Å²) in [4.78, 5) is 0. The van der Waals surface area contributed by atoms with Crippen LogP contribution in [-0.4, -0.2) is 37.9 Å². The fourth-order valence-corrected chi connectivity index (χ4v) is 3.62. The van der Waals surface area contributed by atoms with Crippen LogP contribution in [0.5, 0.6) is 5.75 Å². The van der Waals surface area contributed by atoms with E-state index in [4.69, 9.17) is 4.74 Å². The molecular weight excluding hydrogens is 252 g/mol. The van der Waals surface area contributed by atoms with Gasteiger partial charge in [-0.05, 0) is 37.5 Å². The van der Waals surface area contributed by atoms with E-state index in [0.717, 1.165) is 11.3 Å². The summed E-state index contributed by atoms with van der Waals surface area (Å²) in [7, 11) is -2.46. The normalized spacial score (nSPS) is 23.3. The molecule has 1 aliphatic heterocycles. The van der Waals surface area contributed by atoms with Gasteiger partial charge in [-0.15, -0.1) is 0 Å². The second-order valence-corrected chi connectivity index (χ2v) is 7.46. The summed E-state index contributed by atoms with van der Waals surface area (Å²) in [5.74, 6) is 1.27. The quantitative estimate of drug-likeness (QED) is 0.791. The van der Waals surface area contributed by atoms with E-state index in [-0.39, 0.29) is 18.1 Å². The zero-order chi connectivity index (χ0) is 13.2. The van der Waals surface area contributed by atoms with Gasteiger partial charge in [-0.25, -0.2) is 0 Å². The van der Waals surface area contributed by atoms with Gasteiger partial charge in [-0.1, -0.05) is 12.1 Å². The predicted molar refractivity (Wildman–Crippen MR) is 73.4 cm³/mol. The highest BCUT2D eigenvalue weighted by atomic mass is 32.3. The number of aliphatic hydroxyl groups is 1. The number of benzene rings is 1. The van der Waals surface area contributed by atoms with Crippen molar-refractivity contribution in [3.05, 3.63) is 29.8 Å². The molecule has 1 saturated heterocycles. The molecule has 0 aliphatic carbocycles. The van der Waals surface area contributed by atoms with E-state index >= 15 is 0 Å². The molecule has 0 radical (unpaired) electrons. The molecule has 0 atom stereocenters. The smallest absolute Gasteiger partial charge is 0.119 e. The fraction of sp³-hybridized carbons (Fsp3) is 0.538. The Morgan fingerprint density at radius 3 is 2.56 bits per heavy atom. The first-order valence-electron chi connectivity index (χ1n) is 6.04. The van der Waals surface area contributed by atoms with Crippen molar-refractivity contribution in [3.63, 3.8) is 0 Å². The van der Waals surface area contributed by atoms with Crippen LogP contribution in [-0.2, 0) is 0 Å². The highest BCUT2D eigenvalue weighted by molar-refractivity contribution is 8.24. The van der Waals surface area contributed by atoms with Crippen LogP contribution in [0.4, 0.5) is 0 Å². The van der Waals surface area contributed by atoms with E-state index < -0.39 is 16.2 Å². The first kappa shape index (κ1) is 13.7. The van der Waals surface area contributed by atoms with Gasteiger partial charge in [0.25, 0.3) is 0 Å². The van der Waals surface area contributed by atoms with E-state index in [2.05, 4.69) is 0 Å². The Bertz CT molecular complexity index is 409. The van der Waals surface area contributed by atoms with Crippen molar-refractivity contribution >= 4 is 10.6 Å². The number of rotatable bonds is 3. The monoisotopic (exact) mass is 272 g/mol. The SMILES string of the molecule is Cc1cccc(OCC2(O)CCS(O)(O)CC2)c1.